The Morgan fingerprint density at radius 1 is 1.17 bits per heavy atom. The lowest BCUT2D eigenvalue weighted by Crippen LogP contribution is -2.31. The van der Waals surface area contributed by atoms with Crippen LogP contribution in [0.4, 0.5) is 5.69 Å². The number of hydrogen-bond donors (Lipinski definition) is 1. The van der Waals surface area contributed by atoms with Crippen molar-refractivity contribution >= 4 is 46.2 Å². The molecule has 1 aliphatic heterocycles. The van der Waals surface area contributed by atoms with Gasteiger partial charge in [-0.2, -0.15) is 0 Å². The number of thioether (sulfide) groups is 1. The van der Waals surface area contributed by atoms with Crippen LogP contribution >= 0.6 is 23.1 Å². The van der Waals surface area contributed by atoms with Crippen molar-refractivity contribution in [3.05, 3.63) is 56.6 Å². The Labute approximate surface area is 148 Å². The molecule has 0 radical (unpaired) electrons. The number of carbonyl (C=O) groups is 2. The van der Waals surface area contributed by atoms with Crippen LogP contribution in [0.5, 0.6) is 0 Å². The van der Waals surface area contributed by atoms with Gasteiger partial charge in [-0.3, -0.25) is 9.59 Å². The van der Waals surface area contributed by atoms with E-state index in [2.05, 4.69) is 0 Å². The Balaban J connectivity index is 2.07. The maximum absolute atomic E-state index is 13.0. The zero-order chi connectivity index (χ0) is 17.3. The average molecular weight is 359 g/mol. The highest BCUT2D eigenvalue weighted by Gasteiger charge is 2.40. The molecule has 0 atom stereocenters. The van der Waals surface area contributed by atoms with Gasteiger partial charge in [0.15, 0.2) is 0 Å². The Morgan fingerprint density at radius 2 is 1.96 bits per heavy atom. The molecule has 0 unspecified atom stereocenters. The fourth-order valence-corrected chi connectivity index (χ4v) is 4.39. The van der Waals surface area contributed by atoms with Gasteiger partial charge in [0.2, 0.25) is 0 Å². The van der Waals surface area contributed by atoms with E-state index in [0.717, 1.165) is 16.0 Å². The number of amides is 2. The smallest absolute Gasteiger partial charge is 0.272 e. The van der Waals surface area contributed by atoms with E-state index in [1.54, 1.807) is 0 Å². The molecule has 3 rings (SSSR count). The highest BCUT2D eigenvalue weighted by atomic mass is 32.2. The predicted molar refractivity (Wildman–Crippen MR) is 99.2 cm³/mol. The first-order valence-electron chi connectivity index (χ1n) is 7.52. The number of carbonyl (C=O) groups excluding carboxylic acids is 2. The molecule has 124 valence electrons. The van der Waals surface area contributed by atoms with Crippen molar-refractivity contribution in [2.75, 3.05) is 17.3 Å². The van der Waals surface area contributed by atoms with E-state index in [9.17, 15) is 9.59 Å². The summed E-state index contributed by atoms with van der Waals surface area (Å²) in [6.45, 7) is 3.83. The molecule has 1 aromatic heterocycles. The minimum absolute atomic E-state index is 0.0447. The molecule has 0 fully saturated rings. The third-order valence-corrected chi connectivity index (χ3v) is 5.68. The maximum atomic E-state index is 13.0. The van der Waals surface area contributed by atoms with Crippen LogP contribution in [0.1, 0.15) is 16.0 Å². The molecule has 6 heteroatoms. The standard InChI is InChI=1S/C18H17NO3S2/c1-11-5-6-13(12(2)10-11)19-17(21)15(14-4-3-8-23-14)16(18(19)22)24-9-7-20/h3-6,8,10,20H,7,9H2,1-2H3. The van der Waals surface area contributed by atoms with Crippen LogP contribution in [-0.4, -0.2) is 29.3 Å². The van der Waals surface area contributed by atoms with Gasteiger partial charge in [0.1, 0.15) is 0 Å². The zero-order valence-corrected chi connectivity index (χ0v) is 15.0. The Bertz CT molecular complexity index is 825. The monoisotopic (exact) mass is 359 g/mol. The van der Waals surface area contributed by atoms with Crippen molar-refractivity contribution in [3.8, 4) is 0 Å². The predicted octanol–water partition coefficient (Wildman–Crippen LogP) is 3.37. The highest BCUT2D eigenvalue weighted by Crippen LogP contribution is 2.40. The topological polar surface area (TPSA) is 57.6 Å². The molecular weight excluding hydrogens is 342 g/mol. The van der Waals surface area contributed by atoms with Crippen molar-refractivity contribution in [1.29, 1.82) is 0 Å². The number of hydrogen-bond acceptors (Lipinski definition) is 5. The number of aliphatic hydroxyl groups excluding tert-OH is 1. The first-order chi connectivity index (χ1) is 11.5. The van der Waals surface area contributed by atoms with Gasteiger partial charge in [-0.05, 0) is 36.9 Å². The van der Waals surface area contributed by atoms with Crippen molar-refractivity contribution in [3.63, 3.8) is 0 Å². The van der Waals surface area contributed by atoms with Gasteiger partial charge in [-0.25, -0.2) is 4.90 Å². The summed E-state index contributed by atoms with van der Waals surface area (Å²) in [5.41, 5.74) is 3.02. The average Bonchev–Trinajstić information content (AvgIpc) is 3.14. The molecule has 0 saturated carbocycles. The maximum Gasteiger partial charge on any atom is 0.272 e. The number of anilines is 1. The van der Waals surface area contributed by atoms with Crippen molar-refractivity contribution in [2.24, 2.45) is 0 Å². The van der Waals surface area contributed by atoms with Crippen molar-refractivity contribution in [2.45, 2.75) is 13.8 Å². The first-order valence-corrected chi connectivity index (χ1v) is 9.39. The van der Waals surface area contributed by atoms with Crippen molar-refractivity contribution in [1.82, 2.24) is 0 Å². The lowest BCUT2D eigenvalue weighted by Gasteiger charge is -2.18. The summed E-state index contributed by atoms with van der Waals surface area (Å²) in [5, 5.41) is 11.0. The van der Waals surface area contributed by atoms with Crippen LogP contribution in [0.15, 0.2) is 40.6 Å². The third-order valence-electron chi connectivity index (χ3n) is 3.74. The summed E-state index contributed by atoms with van der Waals surface area (Å²) < 4.78 is 0. The van der Waals surface area contributed by atoms with Crippen LogP contribution in [0.25, 0.3) is 5.57 Å². The summed E-state index contributed by atoms with van der Waals surface area (Å²) in [6.07, 6.45) is 0. The van der Waals surface area contributed by atoms with Crippen LogP contribution < -0.4 is 4.90 Å². The summed E-state index contributed by atoms with van der Waals surface area (Å²) in [5.74, 6) is -0.229. The van der Waals surface area contributed by atoms with Gasteiger partial charge in [0, 0.05) is 10.6 Å². The zero-order valence-electron chi connectivity index (χ0n) is 13.4. The highest BCUT2D eigenvalue weighted by molar-refractivity contribution is 8.04. The minimum atomic E-state index is -0.311. The molecular formula is C18H17NO3S2. The number of thiophene rings is 1. The van der Waals surface area contributed by atoms with E-state index >= 15 is 0 Å². The second kappa shape index (κ2) is 6.93. The van der Waals surface area contributed by atoms with E-state index in [1.165, 1.54) is 28.0 Å². The van der Waals surface area contributed by atoms with E-state index in [0.29, 0.717) is 21.9 Å². The largest absolute Gasteiger partial charge is 0.396 e. The number of benzene rings is 1. The van der Waals surface area contributed by atoms with Crippen LogP contribution in [0.3, 0.4) is 0 Å². The van der Waals surface area contributed by atoms with Crippen LogP contribution in [-0.2, 0) is 9.59 Å². The summed E-state index contributed by atoms with van der Waals surface area (Å²) in [6, 6.07) is 9.37. The fraction of sp³-hybridized carbons (Fsp3) is 0.222. The summed E-state index contributed by atoms with van der Waals surface area (Å²) >= 11 is 2.67. The molecule has 0 aliphatic carbocycles. The van der Waals surface area contributed by atoms with E-state index in [-0.39, 0.29) is 18.4 Å². The molecule has 1 N–H and O–H groups in total. The second-order valence-electron chi connectivity index (χ2n) is 5.49. The number of aryl methyl sites for hydroxylation is 2. The van der Waals surface area contributed by atoms with E-state index < -0.39 is 0 Å². The van der Waals surface area contributed by atoms with Gasteiger partial charge < -0.3 is 5.11 Å². The molecule has 24 heavy (non-hydrogen) atoms. The SMILES string of the molecule is Cc1ccc(N2C(=O)C(SCCO)=C(c3cccs3)C2=O)c(C)c1. The molecule has 1 aliphatic rings. The Kier molecular flexibility index (Phi) is 4.89. The van der Waals surface area contributed by atoms with Gasteiger partial charge >= 0.3 is 0 Å². The Hall–Kier alpha value is -1.89. The van der Waals surface area contributed by atoms with Gasteiger partial charge in [0.25, 0.3) is 11.8 Å². The Morgan fingerprint density at radius 3 is 2.58 bits per heavy atom. The third kappa shape index (κ3) is 2.92. The molecule has 2 amide bonds. The lowest BCUT2D eigenvalue weighted by atomic mass is 10.1. The summed E-state index contributed by atoms with van der Waals surface area (Å²) in [7, 11) is 0. The lowest BCUT2D eigenvalue weighted by molar-refractivity contribution is -0.119. The number of rotatable bonds is 5. The molecule has 1 aromatic carbocycles. The molecule has 0 spiro atoms. The van der Waals surface area contributed by atoms with Gasteiger partial charge in [-0.1, -0.05) is 23.8 Å². The number of imide groups is 1. The van der Waals surface area contributed by atoms with Crippen LogP contribution in [0, 0.1) is 13.8 Å². The summed E-state index contributed by atoms with van der Waals surface area (Å²) in [4.78, 5) is 28.4. The number of aliphatic hydroxyl groups is 1. The van der Waals surface area contributed by atoms with Gasteiger partial charge in [0.05, 0.1) is 22.8 Å². The molecule has 0 bridgehead atoms. The molecule has 4 nitrogen and oxygen atoms in total. The molecule has 0 saturated heterocycles. The van der Waals surface area contributed by atoms with Crippen molar-refractivity contribution < 1.29 is 14.7 Å². The fourth-order valence-electron chi connectivity index (χ4n) is 2.70. The quantitative estimate of drug-likeness (QED) is 0.832. The minimum Gasteiger partial charge on any atom is -0.396 e. The first kappa shape index (κ1) is 17.0. The van der Waals surface area contributed by atoms with E-state index in [4.69, 9.17) is 5.11 Å². The molecule has 2 aromatic rings. The normalized spacial score (nSPS) is 14.9. The second-order valence-corrected chi connectivity index (χ2v) is 7.54. The number of nitrogens with zero attached hydrogens (tertiary/aromatic N) is 1. The molecule has 2 heterocycles. The van der Waals surface area contributed by atoms with Gasteiger partial charge in [-0.15, -0.1) is 23.1 Å². The van der Waals surface area contributed by atoms with Crippen LogP contribution in [0.2, 0.25) is 0 Å². The van der Waals surface area contributed by atoms with E-state index in [1.807, 2.05) is 49.6 Å².